The van der Waals surface area contributed by atoms with Crippen LogP contribution in [0.5, 0.6) is 0 Å². The quantitative estimate of drug-likeness (QED) is 0.734. The zero-order valence-electron chi connectivity index (χ0n) is 10.7. The molecular weight excluding hydrogens is 338 g/mol. The first-order valence-corrected chi connectivity index (χ1v) is 7.47. The van der Waals surface area contributed by atoms with Crippen molar-refractivity contribution in [3.8, 4) is 0 Å². The molecule has 4 heteroatoms. The van der Waals surface area contributed by atoms with Crippen molar-refractivity contribution in [1.29, 1.82) is 0 Å². The van der Waals surface area contributed by atoms with Crippen LogP contribution in [-0.2, 0) is 13.2 Å². The molecule has 2 aromatic carbocycles. The van der Waals surface area contributed by atoms with Crippen molar-refractivity contribution in [2.45, 2.75) is 13.2 Å². The lowest BCUT2D eigenvalue weighted by molar-refractivity contribution is 0.283. The summed E-state index contributed by atoms with van der Waals surface area (Å²) < 4.78 is 3.13. The molecule has 0 amide bonds. The van der Waals surface area contributed by atoms with Gasteiger partial charge in [-0.1, -0.05) is 45.7 Å². The molecule has 3 rings (SSSR count). The normalized spacial score (nSPS) is 11.2. The smallest absolute Gasteiger partial charge is 0.0702 e. The average molecular weight is 351 g/mol. The van der Waals surface area contributed by atoms with E-state index in [1.165, 1.54) is 0 Å². The molecule has 0 fully saturated rings. The van der Waals surface area contributed by atoms with Crippen molar-refractivity contribution in [3.63, 3.8) is 0 Å². The summed E-state index contributed by atoms with van der Waals surface area (Å²) >= 11 is 9.69. The molecule has 3 aromatic rings. The van der Waals surface area contributed by atoms with E-state index in [-0.39, 0.29) is 6.61 Å². The predicted molar refractivity (Wildman–Crippen MR) is 86.1 cm³/mol. The van der Waals surface area contributed by atoms with Gasteiger partial charge in [-0.3, -0.25) is 0 Å². The van der Waals surface area contributed by atoms with E-state index >= 15 is 0 Å². The first kappa shape index (κ1) is 13.7. The van der Waals surface area contributed by atoms with Crippen molar-refractivity contribution in [2.24, 2.45) is 0 Å². The van der Waals surface area contributed by atoms with Crippen LogP contribution in [0.1, 0.15) is 11.1 Å². The molecule has 20 heavy (non-hydrogen) atoms. The number of aromatic nitrogens is 1. The predicted octanol–water partition coefficient (Wildman–Crippen LogP) is 4.60. The summed E-state index contributed by atoms with van der Waals surface area (Å²) in [5.41, 5.74) is 3.09. The van der Waals surface area contributed by atoms with Gasteiger partial charge in [0.25, 0.3) is 0 Å². The van der Waals surface area contributed by atoms with Crippen LogP contribution < -0.4 is 0 Å². The fraction of sp³-hybridized carbons (Fsp3) is 0.125. The Morgan fingerprint density at radius 2 is 1.90 bits per heavy atom. The molecule has 0 spiro atoms. The zero-order chi connectivity index (χ0) is 14.1. The van der Waals surface area contributed by atoms with Gasteiger partial charge in [-0.05, 0) is 29.8 Å². The third-order valence-corrected chi connectivity index (χ3v) is 4.26. The van der Waals surface area contributed by atoms with Crippen molar-refractivity contribution in [2.75, 3.05) is 0 Å². The van der Waals surface area contributed by atoms with E-state index in [0.717, 1.165) is 31.5 Å². The van der Waals surface area contributed by atoms with E-state index in [1.807, 2.05) is 42.6 Å². The third-order valence-electron chi connectivity index (χ3n) is 3.39. The zero-order valence-corrected chi connectivity index (χ0v) is 13.0. The molecule has 1 N–H and O–H groups in total. The summed E-state index contributed by atoms with van der Waals surface area (Å²) in [6.45, 7) is 0.723. The average Bonchev–Trinajstić information content (AvgIpc) is 2.78. The van der Waals surface area contributed by atoms with Gasteiger partial charge in [0.2, 0.25) is 0 Å². The molecule has 1 heterocycles. The van der Waals surface area contributed by atoms with Gasteiger partial charge in [0.05, 0.1) is 6.61 Å². The molecule has 1 aromatic heterocycles. The number of halogens is 2. The number of aliphatic hydroxyl groups is 1. The first-order valence-electron chi connectivity index (χ1n) is 6.30. The lowest BCUT2D eigenvalue weighted by Crippen LogP contribution is -1.98. The highest BCUT2D eigenvalue weighted by Gasteiger charge is 2.09. The fourth-order valence-electron chi connectivity index (χ4n) is 2.41. The topological polar surface area (TPSA) is 25.2 Å². The number of rotatable bonds is 3. The standard InChI is InChI=1S/C16H13BrClNO/c17-13-5-6-16-14(7-13)12(10-20)9-19(16)8-11-3-1-2-4-15(11)18/h1-7,9,20H,8,10H2. The Bertz CT molecular complexity index is 766. The van der Waals surface area contributed by atoms with E-state index in [1.54, 1.807) is 0 Å². The highest BCUT2D eigenvalue weighted by Crippen LogP contribution is 2.27. The number of hydrogen-bond acceptors (Lipinski definition) is 1. The molecule has 0 aliphatic rings. The number of nitrogens with zero attached hydrogens (tertiary/aromatic N) is 1. The van der Waals surface area contributed by atoms with Gasteiger partial charge < -0.3 is 9.67 Å². The number of benzene rings is 2. The van der Waals surface area contributed by atoms with Crippen LogP contribution in [0.15, 0.2) is 53.1 Å². The summed E-state index contributed by atoms with van der Waals surface area (Å²) in [6, 6.07) is 13.9. The van der Waals surface area contributed by atoms with Crippen LogP contribution in [0.3, 0.4) is 0 Å². The van der Waals surface area contributed by atoms with E-state index < -0.39 is 0 Å². The van der Waals surface area contributed by atoms with Crippen LogP contribution in [-0.4, -0.2) is 9.67 Å². The van der Waals surface area contributed by atoms with Gasteiger partial charge in [-0.2, -0.15) is 0 Å². The Morgan fingerprint density at radius 3 is 2.65 bits per heavy atom. The monoisotopic (exact) mass is 349 g/mol. The maximum Gasteiger partial charge on any atom is 0.0702 e. The molecule has 0 atom stereocenters. The van der Waals surface area contributed by atoms with Crippen LogP contribution in [0.4, 0.5) is 0 Å². The second kappa shape index (κ2) is 5.60. The van der Waals surface area contributed by atoms with Gasteiger partial charge in [-0.25, -0.2) is 0 Å². The molecule has 0 saturated heterocycles. The van der Waals surface area contributed by atoms with E-state index in [0.29, 0.717) is 6.54 Å². The Balaban J connectivity index is 2.10. The fourth-order valence-corrected chi connectivity index (χ4v) is 2.97. The molecule has 0 saturated carbocycles. The molecule has 2 nitrogen and oxygen atoms in total. The van der Waals surface area contributed by atoms with Gasteiger partial charge in [-0.15, -0.1) is 0 Å². The number of fused-ring (bicyclic) bond motifs is 1. The Kier molecular flexibility index (Phi) is 3.83. The van der Waals surface area contributed by atoms with Crippen LogP contribution in [0.2, 0.25) is 5.02 Å². The molecule has 0 aliphatic carbocycles. The van der Waals surface area contributed by atoms with Crippen molar-refractivity contribution >= 4 is 38.4 Å². The molecule has 0 radical (unpaired) electrons. The van der Waals surface area contributed by atoms with E-state index in [9.17, 15) is 5.11 Å². The van der Waals surface area contributed by atoms with Gasteiger partial charge in [0.15, 0.2) is 0 Å². The summed E-state index contributed by atoms with van der Waals surface area (Å²) in [5.74, 6) is 0. The first-order chi connectivity index (χ1) is 9.69. The molecule has 0 aliphatic heterocycles. The second-order valence-corrected chi connectivity index (χ2v) is 6.02. The minimum atomic E-state index is 0.0302. The number of aliphatic hydroxyl groups excluding tert-OH is 1. The van der Waals surface area contributed by atoms with Crippen LogP contribution in [0, 0.1) is 0 Å². The second-order valence-electron chi connectivity index (χ2n) is 4.69. The third kappa shape index (κ3) is 2.49. The molecule has 0 bridgehead atoms. The summed E-state index contributed by atoms with van der Waals surface area (Å²) in [4.78, 5) is 0. The van der Waals surface area contributed by atoms with Gasteiger partial charge in [0.1, 0.15) is 0 Å². The Hall–Kier alpha value is -1.29. The molecule has 102 valence electrons. The minimum Gasteiger partial charge on any atom is -0.392 e. The largest absolute Gasteiger partial charge is 0.392 e. The maximum atomic E-state index is 9.51. The van der Waals surface area contributed by atoms with E-state index in [4.69, 9.17) is 11.6 Å². The Morgan fingerprint density at radius 1 is 1.10 bits per heavy atom. The number of hydrogen-bond donors (Lipinski definition) is 1. The van der Waals surface area contributed by atoms with Gasteiger partial charge >= 0.3 is 0 Å². The summed E-state index contributed by atoms with van der Waals surface area (Å²) in [6.07, 6.45) is 1.99. The lowest BCUT2D eigenvalue weighted by Gasteiger charge is -2.07. The molecule has 0 unspecified atom stereocenters. The van der Waals surface area contributed by atoms with Crippen molar-refractivity contribution in [1.82, 2.24) is 4.57 Å². The van der Waals surface area contributed by atoms with Crippen LogP contribution in [0.25, 0.3) is 10.9 Å². The van der Waals surface area contributed by atoms with Crippen molar-refractivity contribution < 1.29 is 5.11 Å². The highest BCUT2D eigenvalue weighted by molar-refractivity contribution is 9.10. The lowest BCUT2D eigenvalue weighted by atomic mass is 10.2. The van der Waals surface area contributed by atoms with E-state index in [2.05, 4.69) is 26.6 Å². The summed E-state index contributed by atoms with van der Waals surface area (Å²) in [7, 11) is 0. The van der Waals surface area contributed by atoms with Crippen LogP contribution >= 0.6 is 27.5 Å². The Labute approximate surface area is 130 Å². The molecular formula is C16H13BrClNO. The SMILES string of the molecule is OCc1cn(Cc2ccccc2Cl)c2ccc(Br)cc12. The highest BCUT2D eigenvalue weighted by atomic mass is 79.9. The maximum absolute atomic E-state index is 9.51. The minimum absolute atomic E-state index is 0.0302. The summed E-state index contributed by atoms with van der Waals surface area (Å²) in [5, 5.41) is 11.3. The van der Waals surface area contributed by atoms with Gasteiger partial charge in [0, 0.05) is 38.7 Å². The van der Waals surface area contributed by atoms with Crippen molar-refractivity contribution in [3.05, 3.63) is 69.3 Å².